The van der Waals surface area contributed by atoms with E-state index in [-0.39, 0.29) is 24.3 Å². The lowest BCUT2D eigenvalue weighted by atomic mass is 9.96. The van der Waals surface area contributed by atoms with Crippen LogP contribution >= 0.6 is 0 Å². The van der Waals surface area contributed by atoms with Gasteiger partial charge in [0.15, 0.2) is 0 Å². The minimum Gasteiger partial charge on any atom is -0.356 e. The molecule has 0 bridgehead atoms. The predicted octanol–water partition coefficient (Wildman–Crippen LogP) is 2.15. The lowest BCUT2D eigenvalue weighted by molar-refractivity contribution is -0.135. The molecule has 2 heterocycles. The minimum atomic E-state index is -0.297. The van der Waals surface area contributed by atoms with E-state index in [0.29, 0.717) is 18.5 Å². The van der Waals surface area contributed by atoms with Crippen LogP contribution in [0, 0.1) is 5.92 Å². The van der Waals surface area contributed by atoms with E-state index in [0.717, 1.165) is 58.4 Å². The Morgan fingerprint density at radius 2 is 1.77 bits per heavy atom. The highest BCUT2D eigenvalue weighted by atomic mass is 16.2. The first kappa shape index (κ1) is 21.3. The summed E-state index contributed by atoms with van der Waals surface area (Å²) in [6.45, 7) is 5.47. The molecule has 30 heavy (non-hydrogen) atoms. The van der Waals surface area contributed by atoms with Crippen molar-refractivity contribution in [2.24, 2.45) is 5.92 Å². The van der Waals surface area contributed by atoms with Crippen LogP contribution in [0.15, 0.2) is 30.3 Å². The molecule has 3 aliphatic rings. The number of benzene rings is 1. The van der Waals surface area contributed by atoms with Crippen molar-refractivity contribution in [1.29, 1.82) is 0 Å². The SMILES string of the molecule is O=C(C[C@H]1C(=O)NCCN1C1CCCC1)NCC1CCN(Cc2ccccc2)CC1. The molecule has 164 valence electrons. The highest BCUT2D eigenvalue weighted by molar-refractivity contribution is 5.88. The van der Waals surface area contributed by atoms with Crippen LogP contribution in [0.3, 0.4) is 0 Å². The van der Waals surface area contributed by atoms with Gasteiger partial charge in [-0.2, -0.15) is 0 Å². The number of carbonyl (C=O) groups is 2. The first-order valence-electron chi connectivity index (χ1n) is 11.8. The monoisotopic (exact) mass is 412 g/mol. The van der Waals surface area contributed by atoms with Gasteiger partial charge in [0, 0.05) is 32.2 Å². The Hall–Kier alpha value is -1.92. The molecule has 0 unspecified atom stereocenters. The van der Waals surface area contributed by atoms with Crippen LogP contribution < -0.4 is 10.6 Å². The quantitative estimate of drug-likeness (QED) is 0.720. The molecule has 1 aromatic carbocycles. The van der Waals surface area contributed by atoms with Crippen LogP contribution in [-0.4, -0.2) is 66.4 Å². The van der Waals surface area contributed by atoms with Gasteiger partial charge in [-0.25, -0.2) is 0 Å². The molecule has 6 nitrogen and oxygen atoms in total. The maximum absolute atomic E-state index is 12.6. The Morgan fingerprint density at radius 1 is 1.03 bits per heavy atom. The fraction of sp³-hybridized carbons (Fsp3) is 0.667. The van der Waals surface area contributed by atoms with Crippen molar-refractivity contribution in [3.05, 3.63) is 35.9 Å². The zero-order valence-corrected chi connectivity index (χ0v) is 18.0. The molecule has 1 atom stereocenters. The zero-order valence-electron chi connectivity index (χ0n) is 18.0. The van der Waals surface area contributed by atoms with E-state index in [4.69, 9.17) is 0 Å². The van der Waals surface area contributed by atoms with Gasteiger partial charge in [-0.05, 0) is 50.3 Å². The van der Waals surface area contributed by atoms with Crippen molar-refractivity contribution in [2.45, 2.75) is 63.6 Å². The van der Waals surface area contributed by atoms with Crippen molar-refractivity contribution in [3.63, 3.8) is 0 Å². The fourth-order valence-electron chi connectivity index (χ4n) is 5.31. The molecule has 6 heteroatoms. The number of carbonyl (C=O) groups excluding carboxylic acids is 2. The summed E-state index contributed by atoms with van der Waals surface area (Å²) in [6.07, 6.45) is 7.32. The summed E-state index contributed by atoms with van der Waals surface area (Å²) in [7, 11) is 0. The first-order chi connectivity index (χ1) is 14.7. The standard InChI is InChI=1S/C24H36N4O2/c29-23(16-22-24(30)25-12-15-28(22)21-8-4-5-9-21)26-17-19-10-13-27(14-11-19)18-20-6-2-1-3-7-20/h1-3,6-7,19,21-22H,4-5,8-18H2,(H,25,30)(H,26,29)/t22-/m0/s1. The smallest absolute Gasteiger partial charge is 0.237 e. The Morgan fingerprint density at radius 3 is 2.50 bits per heavy atom. The van der Waals surface area contributed by atoms with E-state index in [1.807, 2.05) is 0 Å². The number of nitrogens with one attached hydrogen (secondary N) is 2. The van der Waals surface area contributed by atoms with E-state index >= 15 is 0 Å². The molecule has 0 aromatic heterocycles. The van der Waals surface area contributed by atoms with Gasteiger partial charge in [-0.15, -0.1) is 0 Å². The lowest BCUT2D eigenvalue weighted by Gasteiger charge is -2.39. The topological polar surface area (TPSA) is 64.7 Å². The third-order valence-corrected chi connectivity index (χ3v) is 7.09. The largest absolute Gasteiger partial charge is 0.356 e. The molecule has 0 radical (unpaired) electrons. The number of nitrogens with zero attached hydrogens (tertiary/aromatic N) is 2. The third kappa shape index (κ3) is 5.61. The average Bonchev–Trinajstić information content (AvgIpc) is 3.30. The van der Waals surface area contributed by atoms with Gasteiger partial charge < -0.3 is 10.6 Å². The van der Waals surface area contributed by atoms with Crippen LogP contribution in [0.25, 0.3) is 0 Å². The summed E-state index contributed by atoms with van der Waals surface area (Å²) in [6, 6.07) is 10.8. The van der Waals surface area contributed by atoms with Crippen LogP contribution in [0.1, 0.15) is 50.5 Å². The van der Waals surface area contributed by atoms with E-state index in [1.165, 1.54) is 18.4 Å². The van der Waals surface area contributed by atoms with Gasteiger partial charge >= 0.3 is 0 Å². The zero-order chi connectivity index (χ0) is 20.8. The number of rotatable bonds is 7. The molecule has 0 spiro atoms. The van der Waals surface area contributed by atoms with E-state index < -0.39 is 0 Å². The average molecular weight is 413 g/mol. The molecule has 2 saturated heterocycles. The Bertz CT molecular complexity index is 696. The molecule has 2 aliphatic heterocycles. The minimum absolute atomic E-state index is 0.0202. The molecule has 2 N–H and O–H groups in total. The number of amides is 2. The second kappa shape index (κ2) is 10.4. The van der Waals surface area contributed by atoms with Gasteiger partial charge in [-0.3, -0.25) is 19.4 Å². The summed E-state index contributed by atoms with van der Waals surface area (Å²) < 4.78 is 0. The molecule has 1 saturated carbocycles. The summed E-state index contributed by atoms with van der Waals surface area (Å²) in [5, 5.41) is 6.09. The van der Waals surface area contributed by atoms with Crippen molar-refractivity contribution >= 4 is 11.8 Å². The maximum atomic E-state index is 12.6. The Balaban J connectivity index is 1.19. The second-order valence-corrected chi connectivity index (χ2v) is 9.20. The molecule has 2 amide bonds. The van der Waals surface area contributed by atoms with E-state index in [2.05, 4.69) is 50.8 Å². The molecular weight excluding hydrogens is 376 g/mol. The highest BCUT2D eigenvalue weighted by Gasteiger charge is 2.36. The highest BCUT2D eigenvalue weighted by Crippen LogP contribution is 2.27. The van der Waals surface area contributed by atoms with Gasteiger partial charge in [0.1, 0.15) is 0 Å². The molecule has 1 aromatic rings. The van der Waals surface area contributed by atoms with Crippen LogP contribution in [-0.2, 0) is 16.1 Å². The Kier molecular flexibility index (Phi) is 7.39. The van der Waals surface area contributed by atoms with Crippen LogP contribution in [0.5, 0.6) is 0 Å². The normalized spacial score (nSPS) is 24.7. The van der Waals surface area contributed by atoms with Crippen molar-refractivity contribution in [1.82, 2.24) is 20.4 Å². The summed E-state index contributed by atoms with van der Waals surface area (Å²) >= 11 is 0. The van der Waals surface area contributed by atoms with Gasteiger partial charge in [0.25, 0.3) is 0 Å². The lowest BCUT2D eigenvalue weighted by Crippen LogP contribution is -2.59. The first-order valence-corrected chi connectivity index (χ1v) is 11.8. The van der Waals surface area contributed by atoms with Crippen molar-refractivity contribution in [2.75, 3.05) is 32.7 Å². The summed E-state index contributed by atoms with van der Waals surface area (Å²) in [4.78, 5) is 29.9. The van der Waals surface area contributed by atoms with E-state index in [1.54, 1.807) is 0 Å². The van der Waals surface area contributed by atoms with Gasteiger partial charge in [0.05, 0.1) is 12.5 Å². The van der Waals surface area contributed by atoms with Crippen LogP contribution in [0.2, 0.25) is 0 Å². The molecule has 4 rings (SSSR count). The van der Waals surface area contributed by atoms with Gasteiger partial charge in [-0.1, -0.05) is 43.2 Å². The maximum Gasteiger partial charge on any atom is 0.237 e. The Labute approximate surface area is 180 Å². The number of piperazine rings is 1. The fourth-order valence-corrected chi connectivity index (χ4v) is 5.31. The second-order valence-electron chi connectivity index (χ2n) is 9.20. The van der Waals surface area contributed by atoms with Crippen LogP contribution in [0.4, 0.5) is 0 Å². The molecule has 3 fully saturated rings. The number of piperidine rings is 1. The van der Waals surface area contributed by atoms with E-state index in [9.17, 15) is 9.59 Å². The third-order valence-electron chi connectivity index (χ3n) is 7.09. The number of likely N-dealkylation sites (tertiary alicyclic amines) is 1. The van der Waals surface area contributed by atoms with Crippen molar-refractivity contribution < 1.29 is 9.59 Å². The molecular formula is C24H36N4O2. The number of hydrogen-bond acceptors (Lipinski definition) is 4. The van der Waals surface area contributed by atoms with Crippen molar-refractivity contribution in [3.8, 4) is 0 Å². The summed E-state index contributed by atoms with van der Waals surface area (Å²) in [5.41, 5.74) is 1.36. The van der Waals surface area contributed by atoms with Gasteiger partial charge in [0.2, 0.25) is 11.8 Å². The predicted molar refractivity (Wildman–Crippen MR) is 118 cm³/mol. The number of hydrogen-bond donors (Lipinski definition) is 2. The molecule has 1 aliphatic carbocycles. The summed E-state index contributed by atoms with van der Waals surface area (Å²) in [5.74, 6) is 0.580.